The molecule has 1 fully saturated rings. The summed E-state index contributed by atoms with van der Waals surface area (Å²) in [6, 6.07) is 3.93. The average Bonchev–Trinajstić information content (AvgIpc) is 3.31. The van der Waals surface area contributed by atoms with E-state index in [9.17, 15) is 14.4 Å². The van der Waals surface area contributed by atoms with Gasteiger partial charge in [0.2, 0.25) is 5.91 Å². The summed E-state index contributed by atoms with van der Waals surface area (Å²) in [5.74, 6) is -1.23. The van der Waals surface area contributed by atoms with Gasteiger partial charge in [0, 0.05) is 24.4 Å². The molecule has 0 aliphatic carbocycles. The van der Waals surface area contributed by atoms with Gasteiger partial charge in [-0.3, -0.25) is 14.4 Å². The highest BCUT2D eigenvalue weighted by atomic mass is 32.1. The summed E-state index contributed by atoms with van der Waals surface area (Å²) in [4.78, 5) is 42.3. The predicted octanol–water partition coefficient (Wildman–Crippen LogP) is 1.68. The molecule has 0 aromatic carbocycles. The fourth-order valence-corrected chi connectivity index (χ4v) is 4.38. The van der Waals surface area contributed by atoms with Crippen molar-refractivity contribution in [1.82, 2.24) is 9.88 Å². The van der Waals surface area contributed by atoms with Crippen LogP contribution in [-0.4, -0.2) is 47.4 Å². The number of ether oxygens (including phenoxy) is 1. The lowest BCUT2D eigenvalue weighted by molar-refractivity contribution is -0.152. The Hall–Kier alpha value is -2.26. The van der Waals surface area contributed by atoms with Gasteiger partial charge < -0.3 is 15.4 Å². The number of carbonyl (C=O) groups excluding carboxylic acids is 3. The highest BCUT2D eigenvalue weighted by Gasteiger charge is 2.26. The molecule has 0 spiro atoms. The van der Waals surface area contributed by atoms with Gasteiger partial charge in [-0.1, -0.05) is 6.07 Å². The van der Waals surface area contributed by atoms with Gasteiger partial charge in [0.1, 0.15) is 5.01 Å². The number of piperidine rings is 1. The topological polar surface area (TPSA) is 103 Å². The van der Waals surface area contributed by atoms with E-state index >= 15 is 0 Å². The van der Waals surface area contributed by atoms with Crippen LogP contribution in [0.4, 0.5) is 0 Å². The van der Waals surface area contributed by atoms with Gasteiger partial charge in [-0.15, -0.1) is 22.7 Å². The number of hydrogen-bond acceptors (Lipinski definition) is 7. The number of hydrogen-bond donors (Lipinski definition) is 1. The second-order valence-corrected chi connectivity index (χ2v) is 7.82. The number of thiophene rings is 1. The van der Waals surface area contributed by atoms with Crippen molar-refractivity contribution in [2.24, 2.45) is 11.7 Å². The lowest BCUT2D eigenvalue weighted by Crippen LogP contribution is -2.43. The number of esters is 1. The van der Waals surface area contributed by atoms with Crippen molar-refractivity contribution in [2.45, 2.75) is 19.3 Å². The molecule has 138 valence electrons. The van der Waals surface area contributed by atoms with Gasteiger partial charge in [-0.2, -0.15) is 0 Å². The van der Waals surface area contributed by atoms with Crippen molar-refractivity contribution < 1.29 is 19.1 Å². The molecule has 9 heteroatoms. The smallest absolute Gasteiger partial charge is 0.312 e. The summed E-state index contributed by atoms with van der Waals surface area (Å²) in [5.41, 5.74) is 5.91. The third-order valence-electron chi connectivity index (χ3n) is 4.22. The fraction of sp³-hybridized carbons (Fsp3) is 0.412. The number of nitrogens with zero attached hydrogens (tertiary/aromatic N) is 2. The van der Waals surface area contributed by atoms with Crippen LogP contribution in [0.1, 0.15) is 18.5 Å². The number of thiazole rings is 1. The highest BCUT2D eigenvalue weighted by molar-refractivity contribution is 7.20. The molecule has 2 aromatic heterocycles. The highest BCUT2D eigenvalue weighted by Crippen LogP contribution is 2.27. The molecule has 2 aromatic rings. The minimum atomic E-state index is -0.478. The number of likely N-dealkylation sites (tertiary alicyclic amines) is 1. The minimum absolute atomic E-state index is 0.0406. The lowest BCUT2D eigenvalue weighted by atomic mass is 9.96. The van der Waals surface area contributed by atoms with Crippen LogP contribution in [0.15, 0.2) is 22.9 Å². The van der Waals surface area contributed by atoms with Crippen LogP contribution in [0.25, 0.3) is 9.88 Å². The van der Waals surface area contributed by atoms with Gasteiger partial charge in [0.15, 0.2) is 6.61 Å². The number of amides is 2. The van der Waals surface area contributed by atoms with Crippen molar-refractivity contribution in [3.8, 4) is 9.88 Å². The van der Waals surface area contributed by atoms with Crippen LogP contribution in [0.2, 0.25) is 0 Å². The molecule has 2 amide bonds. The van der Waals surface area contributed by atoms with Crippen LogP contribution in [0, 0.1) is 5.92 Å². The summed E-state index contributed by atoms with van der Waals surface area (Å²) >= 11 is 3.07. The molecule has 2 N–H and O–H groups in total. The zero-order chi connectivity index (χ0) is 18.5. The lowest BCUT2D eigenvalue weighted by Gasteiger charge is -2.30. The van der Waals surface area contributed by atoms with E-state index in [1.54, 1.807) is 16.2 Å². The largest absolute Gasteiger partial charge is 0.455 e. The van der Waals surface area contributed by atoms with Crippen molar-refractivity contribution in [2.75, 3.05) is 19.7 Å². The second-order valence-electron chi connectivity index (χ2n) is 6.02. The summed E-state index contributed by atoms with van der Waals surface area (Å²) in [7, 11) is 0. The van der Waals surface area contributed by atoms with E-state index in [-0.39, 0.29) is 30.8 Å². The van der Waals surface area contributed by atoms with Crippen LogP contribution in [0.3, 0.4) is 0 Å². The second kappa shape index (κ2) is 8.41. The van der Waals surface area contributed by atoms with Gasteiger partial charge in [0.05, 0.1) is 17.0 Å². The maximum atomic E-state index is 12.1. The van der Waals surface area contributed by atoms with Gasteiger partial charge in [-0.25, -0.2) is 4.98 Å². The molecule has 0 radical (unpaired) electrons. The number of aromatic nitrogens is 1. The number of primary amides is 1. The van der Waals surface area contributed by atoms with Gasteiger partial charge >= 0.3 is 5.97 Å². The monoisotopic (exact) mass is 393 g/mol. The van der Waals surface area contributed by atoms with Crippen LogP contribution in [-0.2, 0) is 25.5 Å². The average molecular weight is 393 g/mol. The normalized spacial score (nSPS) is 15.0. The van der Waals surface area contributed by atoms with Gasteiger partial charge in [-0.05, 0) is 24.3 Å². The minimum Gasteiger partial charge on any atom is -0.455 e. The molecular formula is C17H19N3O4S2. The van der Waals surface area contributed by atoms with E-state index in [2.05, 4.69) is 4.98 Å². The Kier molecular flexibility index (Phi) is 6.00. The fourth-order valence-electron chi connectivity index (χ4n) is 2.75. The van der Waals surface area contributed by atoms with E-state index in [1.165, 1.54) is 11.3 Å². The molecule has 3 heterocycles. The number of rotatable bonds is 6. The van der Waals surface area contributed by atoms with Crippen molar-refractivity contribution in [3.63, 3.8) is 0 Å². The van der Waals surface area contributed by atoms with Crippen LogP contribution in [0.5, 0.6) is 0 Å². The van der Waals surface area contributed by atoms with E-state index < -0.39 is 5.97 Å². The molecule has 3 rings (SSSR count). The molecule has 1 aliphatic rings. The zero-order valence-corrected chi connectivity index (χ0v) is 15.7. The third-order valence-corrected chi connectivity index (χ3v) is 6.15. The Bertz CT molecular complexity index is 780. The van der Waals surface area contributed by atoms with E-state index in [0.29, 0.717) is 31.6 Å². The van der Waals surface area contributed by atoms with Crippen molar-refractivity contribution >= 4 is 40.5 Å². The molecule has 26 heavy (non-hydrogen) atoms. The summed E-state index contributed by atoms with van der Waals surface area (Å²) in [6.45, 7) is 0.627. The molecule has 0 atom stereocenters. The molecule has 0 bridgehead atoms. The van der Waals surface area contributed by atoms with E-state index in [4.69, 9.17) is 10.5 Å². The third kappa shape index (κ3) is 4.67. The van der Waals surface area contributed by atoms with Gasteiger partial charge in [0.25, 0.3) is 5.91 Å². The predicted molar refractivity (Wildman–Crippen MR) is 98.6 cm³/mol. The van der Waals surface area contributed by atoms with E-state index in [1.807, 2.05) is 22.9 Å². The van der Waals surface area contributed by atoms with E-state index in [0.717, 1.165) is 9.88 Å². The Labute approximate surface area is 158 Å². The quantitative estimate of drug-likeness (QED) is 0.752. The van der Waals surface area contributed by atoms with Crippen LogP contribution >= 0.6 is 22.7 Å². The Morgan fingerprint density at radius 1 is 1.27 bits per heavy atom. The van der Waals surface area contributed by atoms with Crippen molar-refractivity contribution in [3.05, 3.63) is 28.6 Å². The summed E-state index contributed by atoms with van der Waals surface area (Å²) in [5, 5.41) is 4.67. The summed E-state index contributed by atoms with van der Waals surface area (Å²) < 4.78 is 5.08. The number of nitrogens with two attached hydrogens (primary N) is 1. The molecule has 7 nitrogen and oxygen atoms in total. The molecule has 1 aliphatic heterocycles. The zero-order valence-electron chi connectivity index (χ0n) is 14.1. The standard InChI is InChI=1S/C17H19N3O4S2/c18-16(23)11-3-5-20(6-4-11)14(21)9-24-15(22)8-12-10-26-17(19-12)13-2-1-7-25-13/h1-2,7,10-11H,3-6,8-9H2,(H2,18,23). The first-order chi connectivity index (χ1) is 12.5. The Morgan fingerprint density at radius 3 is 2.69 bits per heavy atom. The molecule has 0 unspecified atom stereocenters. The van der Waals surface area contributed by atoms with Crippen LogP contribution < -0.4 is 5.73 Å². The summed E-state index contributed by atoms with van der Waals surface area (Å²) in [6.07, 6.45) is 1.15. The first-order valence-corrected chi connectivity index (χ1v) is 10.00. The first kappa shape index (κ1) is 18.5. The Morgan fingerprint density at radius 2 is 2.04 bits per heavy atom. The maximum absolute atomic E-state index is 12.1. The molecular weight excluding hydrogens is 374 g/mol. The Balaban J connectivity index is 1.43. The number of carbonyl (C=O) groups is 3. The molecule has 1 saturated heterocycles. The first-order valence-electron chi connectivity index (χ1n) is 8.24. The SMILES string of the molecule is NC(=O)C1CCN(C(=O)COC(=O)Cc2csc(-c3cccs3)n2)CC1. The maximum Gasteiger partial charge on any atom is 0.312 e. The van der Waals surface area contributed by atoms with Crippen molar-refractivity contribution in [1.29, 1.82) is 0 Å². The molecule has 0 saturated carbocycles.